The van der Waals surface area contributed by atoms with Crippen LogP contribution in [-0.2, 0) is 9.59 Å². The van der Waals surface area contributed by atoms with E-state index in [9.17, 15) is 19.8 Å². The van der Waals surface area contributed by atoms with E-state index in [0.717, 1.165) is 35.5 Å². The molecule has 0 bridgehead atoms. The number of allylic oxidation sites excluding steroid dienone is 1. The number of carbonyl (C=O) groups excluding carboxylic acids is 2. The van der Waals surface area contributed by atoms with Crippen LogP contribution in [0.15, 0.2) is 23.1 Å². The van der Waals surface area contributed by atoms with E-state index in [0.29, 0.717) is 0 Å². The van der Waals surface area contributed by atoms with E-state index in [1.807, 2.05) is 32.2 Å². The lowest BCUT2D eigenvalue weighted by molar-refractivity contribution is -0.143. The van der Waals surface area contributed by atoms with Gasteiger partial charge in [-0.05, 0) is 56.6 Å². The van der Waals surface area contributed by atoms with Gasteiger partial charge in [0.05, 0.1) is 40.8 Å². The van der Waals surface area contributed by atoms with E-state index in [1.54, 1.807) is 32.1 Å². The third-order valence-corrected chi connectivity index (χ3v) is 7.96. The molecule has 0 spiro atoms. The molecule has 2 rings (SSSR count). The smallest absolute Gasteiger partial charge is 0.223 e. The molecule has 6 nitrogen and oxygen atoms in total. The molecule has 2 heterocycles. The first kappa shape index (κ1) is 28.4. The second kappa shape index (κ2) is 12.2. The van der Waals surface area contributed by atoms with Crippen LogP contribution in [-0.4, -0.2) is 45.1 Å². The molecule has 3 N–H and O–H groups in total. The summed E-state index contributed by atoms with van der Waals surface area (Å²) in [6.45, 7) is 13.0. The number of aliphatic hydroxyl groups is 2. The molecule has 0 aromatic carbocycles. The van der Waals surface area contributed by atoms with Gasteiger partial charge in [-0.15, -0.1) is 11.3 Å². The highest BCUT2D eigenvalue weighted by Crippen LogP contribution is 2.32. The van der Waals surface area contributed by atoms with Crippen LogP contribution in [0.2, 0.25) is 0 Å². The molecule has 6 atom stereocenters. The van der Waals surface area contributed by atoms with Gasteiger partial charge in [-0.25, -0.2) is 4.98 Å². The van der Waals surface area contributed by atoms with Gasteiger partial charge in [0.25, 0.3) is 0 Å². The number of thiazole rings is 1. The zero-order valence-corrected chi connectivity index (χ0v) is 22.5. The zero-order valence-electron chi connectivity index (χ0n) is 21.7. The molecule has 0 aliphatic carbocycles. The summed E-state index contributed by atoms with van der Waals surface area (Å²) >= 11 is 1.58. The van der Waals surface area contributed by atoms with E-state index in [4.69, 9.17) is 0 Å². The zero-order chi connectivity index (χ0) is 25.6. The molecule has 0 radical (unpaired) electrons. The summed E-state index contributed by atoms with van der Waals surface area (Å²) in [5.41, 5.74) is 0.691. The van der Waals surface area contributed by atoms with Crippen molar-refractivity contribution in [3.63, 3.8) is 0 Å². The minimum Gasteiger partial charge on any atom is -0.392 e. The Morgan fingerprint density at radius 3 is 2.53 bits per heavy atom. The Hall–Kier alpha value is -1.83. The van der Waals surface area contributed by atoms with Gasteiger partial charge < -0.3 is 15.5 Å². The molecular formula is C27H42N2O4S. The number of amides is 1. The van der Waals surface area contributed by atoms with E-state index in [-0.39, 0.29) is 36.0 Å². The number of nitrogens with zero attached hydrogens (tertiary/aromatic N) is 1. The lowest BCUT2D eigenvalue weighted by Gasteiger charge is -2.35. The maximum absolute atomic E-state index is 13.2. The van der Waals surface area contributed by atoms with Gasteiger partial charge in [0.15, 0.2) is 0 Å². The minimum atomic E-state index is -1.16. The van der Waals surface area contributed by atoms with Crippen molar-refractivity contribution < 1.29 is 19.8 Å². The van der Waals surface area contributed by atoms with Crippen molar-refractivity contribution in [2.24, 2.45) is 23.2 Å². The topological polar surface area (TPSA) is 99.5 Å². The van der Waals surface area contributed by atoms with E-state index < -0.39 is 23.5 Å². The monoisotopic (exact) mass is 490 g/mol. The first-order valence-corrected chi connectivity index (χ1v) is 13.2. The van der Waals surface area contributed by atoms with Crippen molar-refractivity contribution in [1.29, 1.82) is 0 Å². The van der Waals surface area contributed by atoms with Gasteiger partial charge in [0, 0.05) is 11.3 Å². The van der Waals surface area contributed by atoms with Gasteiger partial charge in [-0.3, -0.25) is 9.59 Å². The van der Waals surface area contributed by atoms with Crippen LogP contribution >= 0.6 is 11.3 Å². The highest BCUT2D eigenvalue weighted by Gasteiger charge is 2.42. The second-order valence-corrected chi connectivity index (χ2v) is 11.6. The highest BCUT2D eigenvalue weighted by atomic mass is 32.1. The number of nitrogens with one attached hydrogen (secondary N) is 1. The van der Waals surface area contributed by atoms with E-state index in [2.05, 4.69) is 29.4 Å². The van der Waals surface area contributed by atoms with E-state index in [1.165, 1.54) is 0 Å². The fourth-order valence-corrected chi connectivity index (χ4v) is 5.21. The third-order valence-electron chi connectivity index (χ3n) is 7.17. The van der Waals surface area contributed by atoms with Crippen molar-refractivity contribution in [2.75, 3.05) is 0 Å². The summed E-state index contributed by atoms with van der Waals surface area (Å²) in [5, 5.41) is 27.7. The SMILES string of the molecule is C/C(=C\c1csc(C)n1)[C@H]1NC(=O)C[C@H](O)C(C)(C)C(=O)[C@H](C)[C@@H](O)[C@@H](C)CCC/C=C\[C@@H]1C. The van der Waals surface area contributed by atoms with Crippen LogP contribution in [0.5, 0.6) is 0 Å². The molecule has 1 aromatic rings. The van der Waals surface area contributed by atoms with Crippen molar-refractivity contribution >= 4 is 29.1 Å². The Balaban J connectivity index is 2.34. The normalized spacial score (nSPS) is 33.4. The van der Waals surface area contributed by atoms with Crippen LogP contribution < -0.4 is 5.32 Å². The van der Waals surface area contributed by atoms with Gasteiger partial charge in [-0.2, -0.15) is 0 Å². The van der Waals surface area contributed by atoms with Crippen molar-refractivity contribution in [3.05, 3.63) is 33.8 Å². The van der Waals surface area contributed by atoms with E-state index >= 15 is 0 Å². The molecule has 7 heteroatoms. The van der Waals surface area contributed by atoms with Crippen molar-refractivity contribution in [1.82, 2.24) is 10.3 Å². The van der Waals surface area contributed by atoms with Gasteiger partial charge in [0.2, 0.25) is 5.91 Å². The summed E-state index contributed by atoms with van der Waals surface area (Å²) in [6, 6.07) is -0.260. The summed E-state index contributed by atoms with van der Waals surface area (Å²) in [7, 11) is 0. The number of aryl methyl sites for hydroxylation is 1. The number of hydrogen-bond acceptors (Lipinski definition) is 6. The summed E-state index contributed by atoms with van der Waals surface area (Å²) < 4.78 is 0. The Morgan fingerprint density at radius 1 is 1.24 bits per heavy atom. The standard InChI is InChI=1S/C27H42N2O4S/c1-16-11-9-8-10-12-17(2)25(32)19(4)26(33)27(6,7)22(30)14-23(31)29-24(16)18(3)13-21-15-34-20(5)28-21/h9,11,13,15-17,19,22,24-25,30,32H,8,10,12,14H2,1-7H3,(H,29,31)/b11-9-,18-13+/t16-,17-,19+,22-,24-,25-/m0/s1. The number of rotatable bonds is 2. The van der Waals surface area contributed by atoms with Gasteiger partial charge >= 0.3 is 0 Å². The van der Waals surface area contributed by atoms with Crippen molar-refractivity contribution in [2.45, 2.75) is 92.4 Å². The molecular weight excluding hydrogens is 448 g/mol. The molecule has 0 saturated carbocycles. The fourth-order valence-electron chi connectivity index (χ4n) is 4.64. The Kier molecular flexibility index (Phi) is 10.2. The first-order valence-electron chi connectivity index (χ1n) is 12.3. The van der Waals surface area contributed by atoms with Crippen molar-refractivity contribution in [3.8, 4) is 0 Å². The molecule has 190 valence electrons. The maximum Gasteiger partial charge on any atom is 0.223 e. The molecule has 0 fully saturated rings. The largest absolute Gasteiger partial charge is 0.392 e. The van der Waals surface area contributed by atoms with Crippen LogP contribution in [0.1, 0.15) is 77.9 Å². The summed E-state index contributed by atoms with van der Waals surface area (Å²) in [5.74, 6) is -1.16. The molecule has 1 aliphatic rings. The minimum absolute atomic E-state index is 0.0302. The highest BCUT2D eigenvalue weighted by molar-refractivity contribution is 7.09. The molecule has 1 aromatic heterocycles. The average molecular weight is 491 g/mol. The van der Waals surface area contributed by atoms with Gasteiger partial charge in [-0.1, -0.05) is 46.8 Å². The average Bonchev–Trinajstić information content (AvgIpc) is 3.18. The number of aliphatic hydroxyl groups excluding tert-OH is 2. The summed E-state index contributed by atoms with van der Waals surface area (Å²) in [4.78, 5) is 30.7. The molecule has 34 heavy (non-hydrogen) atoms. The fraction of sp³-hybridized carbons (Fsp3) is 0.667. The number of Topliss-reactive ketones (excluding diaryl/α,β-unsaturated/α-hetero) is 1. The van der Waals surface area contributed by atoms with Crippen LogP contribution in [0.4, 0.5) is 0 Å². The predicted molar refractivity (Wildman–Crippen MR) is 138 cm³/mol. The Morgan fingerprint density at radius 2 is 1.91 bits per heavy atom. The predicted octanol–water partition coefficient (Wildman–Crippen LogP) is 4.70. The quantitative estimate of drug-likeness (QED) is 0.522. The molecule has 0 unspecified atom stereocenters. The third kappa shape index (κ3) is 7.33. The Labute approximate surface area is 208 Å². The lowest BCUT2D eigenvalue weighted by atomic mass is 9.73. The van der Waals surface area contributed by atoms with Crippen LogP contribution in [0.3, 0.4) is 0 Å². The van der Waals surface area contributed by atoms with Gasteiger partial charge in [0.1, 0.15) is 5.78 Å². The van der Waals surface area contributed by atoms with Crippen LogP contribution in [0.25, 0.3) is 6.08 Å². The maximum atomic E-state index is 13.2. The van der Waals surface area contributed by atoms with Crippen LogP contribution in [0, 0.1) is 30.1 Å². The Bertz CT molecular complexity index is 904. The second-order valence-electron chi connectivity index (χ2n) is 10.5. The number of aromatic nitrogens is 1. The molecule has 1 amide bonds. The first-order chi connectivity index (χ1) is 15.8. The number of carbonyl (C=O) groups is 2. The lowest BCUT2D eigenvalue weighted by Crippen LogP contribution is -2.47. The summed E-state index contributed by atoms with van der Waals surface area (Å²) in [6.07, 6.45) is 6.68. The molecule has 1 aliphatic heterocycles. The number of ketones is 1. The number of hydrogen-bond donors (Lipinski definition) is 3. The molecule has 0 saturated heterocycles.